The van der Waals surface area contributed by atoms with Gasteiger partial charge in [0.1, 0.15) is 18.8 Å². The van der Waals surface area contributed by atoms with Crippen molar-refractivity contribution >= 4 is 34.6 Å². The minimum atomic E-state index is -4.53. The maximum atomic E-state index is 12.9. The van der Waals surface area contributed by atoms with E-state index in [1.807, 2.05) is 0 Å². The molecule has 1 saturated heterocycles. The first-order valence-electron chi connectivity index (χ1n) is 8.65. The standard InChI is InChI=1S/C17H18F3N5O4/c1-9(2)29-10-3-4-11-12(5-10)25(8-17(18,19)20)23-15(11)22-13(26)7-24-14(27)6-21-16(24)28/h3-5,9H,6-8H2,1-2H3,(H,21,28)(H,22,23,26). The monoisotopic (exact) mass is 413 g/mol. The van der Waals surface area contributed by atoms with Gasteiger partial charge in [0, 0.05) is 11.5 Å². The van der Waals surface area contributed by atoms with Gasteiger partial charge >= 0.3 is 12.2 Å². The van der Waals surface area contributed by atoms with E-state index in [4.69, 9.17) is 4.74 Å². The summed E-state index contributed by atoms with van der Waals surface area (Å²) in [5.74, 6) is -1.10. The summed E-state index contributed by atoms with van der Waals surface area (Å²) in [7, 11) is 0. The Bertz CT molecular complexity index is 954. The average Bonchev–Trinajstić information content (AvgIpc) is 3.07. The number of aromatic nitrogens is 2. The lowest BCUT2D eigenvalue weighted by atomic mass is 10.2. The molecule has 0 unspecified atom stereocenters. The molecule has 0 aliphatic carbocycles. The third-order valence-electron chi connectivity index (χ3n) is 3.92. The minimum Gasteiger partial charge on any atom is -0.491 e. The number of alkyl halides is 3. The third kappa shape index (κ3) is 4.76. The Balaban J connectivity index is 1.89. The largest absolute Gasteiger partial charge is 0.491 e. The number of nitrogens with zero attached hydrogens (tertiary/aromatic N) is 3. The van der Waals surface area contributed by atoms with Gasteiger partial charge in [-0.1, -0.05) is 0 Å². The van der Waals surface area contributed by atoms with Gasteiger partial charge < -0.3 is 15.4 Å². The van der Waals surface area contributed by atoms with Gasteiger partial charge in [0.25, 0.3) is 5.91 Å². The highest BCUT2D eigenvalue weighted by molar-refractivity contribution is 6.07. The predicted octanol–water partition coefficient (Wildman–Crippen LogP) is 1.88. The van der Waals surface area contributed by atoms with Crippen molar-refractivity contribution in [2.45, 2.75) is 32.7 Å². The number of benzene rings is 1. The lowest BCUT2D eigenvalue weighted by molar-refractivity contribution is -0.141. The van der Waals surface area contributed by atoms with E-state index >= 15 is 0 Å². The lowest BCUT2D eigenvalue weighted by Crippen LogP contribution is -2.38. The molecule has 0 bridgehead atoms. The van der Waals surface area contributed by atoms with Crippen LogP contribution in [0.5, 0.6) is 5.75 Å². The van der Waals surface area contributed by atoms with Crippen LogP contribution in [-0.2, 0) is 16.1 Å². The fraction of sp³-hybridized carbons (Fsp3) is 0.412. The Kier molecular flexibility index (Phi) is 5.36. The number of fused-ring (bicyclic) bond motifs is 1. The Hall–Kier alpha value is -3.31. The zero-order chi connectivity index (χ0) is 21.3. The van der Waals surface area contributed by atoms with E-state index < -0.39 is 37.1 Å². The third-order valence-corrected chi connectivity index (χ3v) is 3.92. The fourth-order valence-electron chi connectivity index (χ4n) is 2.81. The summed E-state index contributed by atoms with van der Waals surface area (Å²) < 4.78 is 45.0. The topological polar surface area (TPSA) is 106 Å². The maximum absolute atomic E-state index is 12.9. The van der Waals surface area contributed by atoms with Crippen molar-refractivity contribution in [1.82, 2.24) is 20.0 Å². The summed E-state index contributed by atoms with van der Waals surface area (Å²) in [4.78, 5) is 36.0. The second-order valence-corrected chi connectivity index (χ2v) is 6.65. The van der Waals surface area contributed by atoms with Gasteiger partial charge in [-0.15, -0.1) is 0 Å². The van der Waals surface area contributed by atoms with Gasteiger partial charge in [-0.3, -0.25) is 19.2 Å². The summed E-state index contributed by atoms with van der Waals surface area (Å²) in [6.45, 7) is 1.40. The quantitative estimate of drug-likeness (QED) is 0.704. The highest BCUT2D eigenvalue weighted by atomic mass is 19.4. The number of rotatable bonds is 6. The molecular weight excluding hydrogens is 395 g/mol. The van der Waals surface area contributed by atoms with E-state index in [0.29, 0.717) is 15.3 Å². The van der Waals surface area contributed by atoms with Crippen molar-refractivity contribution < 1.29 is 32.3 Å². The smallest absolute Gasteiger partial charge is 0.408 e. The number of amides is 4. The molecule has 2 aromatic rings. The van der Waals surface area contributed by atoms with E-state index in [1.54, 1.807) is 19.9 Å². The Morgan fingerprint density at radius 1 is 1.34 bits per heavy atom. The molecule has 2 heterocycles. The molecule has 0 radical (unpaired) electrons. The number of imide groups is 1. The highest BCUT2D eigenvalue weighted by Crippen LogP contribution is 2.30. The first-order chi connectivity index (χ1) is 13.5. The number of carbonyl (C=O) groups is 3. The Labute approximate surface area is 162 Å². The van der Waals surface area contributed by atoms with E-state index in [9.17, 15) is 27.6 Å². The van der Waals surface area contributed by atoms with Gasteiger partial charge in [-0.2, -0.15) is 18.3 Å². The molecule has 1 aliphatic heterocycles. The molecule has 0 spiro atoms. The van der Waals surface area contributed by atoms with Crippen molar-refractivity contribution in [2.75, 3.05) is 18.4 Å². The number of hydrogen-bond acceptors (Lipinski definition) is 5. The summed E-state index contributed by atoms with van der Waals surface area (Å²) in [6, 6.07) is 3.72. The molecule has 0 atom stereocenters. The van der Waals surface area contributed by atoms with Crippen LogP contribution in [0.1, 0.15) is 13.8 Å². The number of nitrogens with one attached hydrogen (secondary N) is 2. The van der Waals surface area contributed by atoms with Crippen LogP contribution in [-0.4, -0.2) is 57.9 Å². The molecule has 9 nitrogen and oxygen atoms in total. The second-order valence-electron chi connectivity index (χ2n) is 6.65. The first-order valence-corrected chi connectivity index (χ1v) is 8.65. The predicted molar refractivity (Wildman–Crippen MR) is 95.3 cm³/mol. The van der Waals surface area contributed by atoms with E-state index in [1.165, 1.54) is 12.1 Å². The summed E-state index contributed by atoms with van der Waals surface area (Å²) in [5.41, 5.74) is 0.116. The maximum Gasteiger partial charge on any atom is 0.408 e. The molecule has 29 heavy (non-hydrogen) atoms. The van der Waals surface area contributed by atoms with Gasteiger partial charge in [0.15, 0.2) is 5.82 Å². The Morgan fingerprint density at radius 2 is 2.07 bits per heavy atom. The van der Waals surface area contributed by atoms with Gasteiger partial charge in [-0.05, 0) is 26.0 Å². The molecule has 12 heteroatoms. The van der Waals surface area contributed by atoms with Crippen LogP contribution < -0.4 is 15.4 Å². The highest BCUT2D eigenvalue weighted by Gasteiger charge is 2.32. The van der Waals surface area contributed by atoms with Crippen LogP contribution >= 0.6 is 0 Å². The number of halogens is 3. The van der Waals surface area contributed by atoms with E-state index in [2.05, 4.69) is 15.7 Å². The van der Waals surface area contributed by atoms with Gasteiger partial charge in [-0.25, -0.2) is 4.79 Å². The number of carbonyl (C=O) groups excluding carboxylic acids is 3. The van der Waals surface area contributed by atoms with Crippen LogP contribution in [0, 0.1) is 0 Å². The Morgan fingerprint density at radius 3 is 2.66 bits per heavy atom. The van der Waals surface area contributed by atoms with E-state index in [0.717, 1.165) is 0 Å². The molecule has 1 aromatic carbocycles. The van der Waals surface area contributed by atoms with Crippen LogP contribution in [0.3, 0.4) is 0 Å². The fourth-order valence-corrected chi connectivity index (χ4v) is 2.81. The van der Waals surface area contributed by atoms with Crippen molar-refractivity contribution in [3.63, 3.8) is 0 Å². The molecular formula is C17H18F3N5O4. The number of anilines is 1. The second kappa shape index (κ2) is 7.60. The van der Waals surface area contributed by atoms with Crippen molar-refractivity contribution in [1.29, 1.82) is 0 Å². The van der Waals surface area contributed by atoms with Crippen molar-refractivity contribution in [3.05, 3.63) is 18.2 Å². The number of hydrogen-bond donors (Lipinski definition) is 2. The van der Waals surface area contributed by atoms with Crippen LogP contribution in [0.25, 0.3) is 10.9 Å². The average molecular weight is 413 g/mol. The van der Waals surface area contributed by atoms with Crippen LogP contribution in [0.2, 0.25) is 0 Å². The molecule has 2 N–H and O–H groups in total. The molecule has 4 amide bonds. The number of ether oxygens (including phenoxy) is 1. The zero-order valence-corrected chi connectivity index (χ0v) is 15.5. The lowest BCUT2D eigenvalue weighted by Gasteiger charge is -2.11. The molecule has 156 valence electrons. The van der Waals surface area contributed by atoms with Crippen molar-refractivity contribution in [2.24, 2.45) is 0 Å². The zero-order valence-electron chi connectivity index (χ0n) is 15.5. The van der Waals surface area contributed by atoms with Gasteiger partial charge in [0.2, 0.25) is 5.91 Å². The summed E-state index contributed by atoms with van der Waals surface area (Å²) in [5, 5.41) is 8.75. The molecule has 0 saturated carbocycles. The van der Waals surface area contributed by atoms with Gasteiger partial charge in [0.05, 0.1) is 18.2 Å². The molecule has 1 aromatic heterocycles. The van der Waals surface area contributed by atoms with Crippen LogP contribution in [0.4, 0.5) is 23.8 Å². The van der Waals surface area contributed by atoms with Crippen LogP contribution in [0.15, 0.2) is 18.2 Å². The minimum absolute atomic E-state index is 0.114. The molecule has 1 fully saturated rings. The van der Waals surface area contributed by atoms with E-state index in [-0.39, 0.29) is 29.4 Å². The normalized spacial score (nSPS) is 14.6. The molecule has 1 aliphatic rings. The molecule has 3 rings (SSSR count). The summed E-state index contributed by atoms with van der Waals surface area (Å²) in [6.07, 6.45) is -4.72. The summed E-state index contributed by atoms with van der Waals surface area (Å²) >= 11 is 0. The SMILES string of the molecule is CC(C)Oc1ccc2c(NC(=O)CN3C(=O)CNC3=O)nn(CC(F)(F)F)c2c1. The number of urea groups is 1. The first kappa shape index (κ1) is 20.4. The van der Waals surface area contributed by atoms with Crippen molar-refractivity contribution in [3.8, 4) is 5.75 Å².